The van der Waals surface area contributed by atoms with Crippen LogP contribution < -0.4 is 14.9 Å². The molecule has 1 aliphatic rings. The van der Waals surface area contributed by atoms with Crippen molar-refractivity contribution < 1.29 is 44.2 Å². The Morgan fingerprint density at radius 3 is 2.38 bits per heavy atom. The van der Waals surface area contributed by atoms with E-state index in [-0.39, 0.29) is 28.0 Å². The Morgan fingerprint density at radius 1 is 1.00 bits per heavy atom. The molecular formula is C22H22O10. The van der Waals surface area contributed by atoms with E-state index in [0.29, 0.717) is 11.3 Å². The van der Waals surface area contributed by atoms with Gasteiger partial charge in [-0.2, -0.15) is 0 Å². The number of phenols is 1. The molecule has 0 amide bonds. The van der Waals surface area contributed by atoms with Gasteiger partial charge in [-0.25, -0.2) is 0 Å². The number of phenolic OH excluding ortho intramolecular Hbond substituents is 1. The molecule has 170 valence electrons. The van der Waals surface area contributed by atoms with E-state index in [1.54, 1.807) is 12.1 Å². The van der Waals surface area contributed by atoms with Crippen LogP contribution in [-0.4, -0.2) is 70.0 Å². The Kier molecular flexibility index (Phi) is 6.04. The standard InChI is InChI=1S/C22H22O10/c1-29-12-6-14(24)17-15(7-12)30-9-13(18(17)25)10-2-4-11(5-3-10)31-22-21(28)20(27)19(26)16(8-23)32-22/h2-7,9,16,19-24,26-28H,8H2,1H3/t16-,19+,20+,21-,22-/m1/s1. The van der Waals surface area contributed by atoms with Gasteiger partial charge in [0.2, 0.25) is 11.7 Å². The van der Waals surface area contributed by atoms with Gasteiger partial charge >= 0.3 is 0 Å². The average Bonchev–Trinajstić information content (AvgIpc) is 2.80. The molecule has 0 unspecified atom stereocenters. The summed E-state index contributed by atoms with van der Waals surface area (Å²) in [6.07, 6.45) is -5.73. The molecule has 2 aromatic carbocycles. The summed E-state index contributed by atoms with van der Waals surface area (Å²) in [7, 11) is 1.43. The summed E-state index contributed by atoms with van der Waals surface area (Å²) in [4.78, 5) is 12.9. The fraction of sp³-hybridized carbons (Fsp3) is 0.318. The van der Waals surface area contributed by atoms with Gasteiger partial charge in [0, 0.05) is 12.1 Å². The summed E-state index contributed by atoms with van der Waals surface area (Å²) in [6, 6.07) is 8.97. The molecule has 0 saturated carbocycles. The van der Waals surface area contributed by atoms with Crippen LogP contribution in [0.3, 0.4) is 0 Å². The summed E-state index contributed by atoms with van der Waals surface area (Å²) in [6.45, 7) is -0.569. The van der Waals surface area contributed by atoms with E-state index in [0.717, 1.165) is 0 Å². The highest BCUT2D eigenvalue weighted by Gasteiger charge is 2.44. The fourth-order valence-electron chi connectivity index (χ4n) is 3.54. The molecule has 10 nitrogen and oxygen atoms in total. The smallest absolute Gasteiger partial charge is 0.229 e. The van der Waals surface area contributed by atoms with Crippen LogP contribution >= 0.6 is 0 Å². The van der Waals surface area contributed by atoms with Crippen LogP contribution in [0, 0.1) is 0 Å². The second-order valence-electron chi connectivity index (χ2n) is 7.34. The maximum absolute atomic E-state index is 12.9. The van der Waals surface area contributed by atoms with E-state index in [2.05, 4.69) is 0 Å². The Bertz CT molecular complexity index is 1150. The first-order valence-electron chi connectivity index (χ1n) is 9.74. The molecule has 2 heterocycles. The molecule has 0 aliphatic carbocycles. The largest absolute Gasteiger partial charge is 0.507 e. The summed E-state index contributed by atoms with van der Waals surface area (Å²) in [5.74, 6) is 0.328. The molecular weight excluding hydrogens is 424 g/mol. The van der Waals surface area contributed by atoms with E-state index >= 15 is 0 Å². The molecule has 3 aromatic rings. The highest BCUT2D eigenvalue weighted by molar-refractivity contribution is 5.88. The Labute approximate surface area is 181 Å². The third kappa shape index (κ3) is 3.90. The van der Waals surface area contributed by atoms with E-state index in [9.17, 15) is 30.3 Å². The van der Waals surface area contributed by atoms with Crippen molar-refractivity contribution in [1.29, 1.82) is 0 Å². The predicted molar refractivity (Wildman–Crippen MR) is 111 cm³/mol. The summed E-state index contributed by atoms with van der Waals surface area (Å²) >= 11 is 0. The van der Waals surface area contributed by atoms with Crippen LogP contribution in [0.25, 0.3) is 22.1 Å². The number of rotatable bonds is 5. The Morgan fingerprint density at radius 2 is 1.72 bits per heavy atom. The molecule has 0 bridgehead atoms. The second-order valence-corrected chi connectivity index (χ2v) is 7.34. The first-order valence-corrected chi connectivity index (χ1v) is 9.74. The summed E-state index contributed by atoms with van der Waals surface area (Å²) < 4.78 is 21.4. The molecule has 1 aliphatic heterocycles. The molecule has 10 heteroatoms. The number of aromatic hydroxyl groups is 1. The minimum atomic E-state index is -1.56. The van der Waals surface area contributed by atoms with Crippen molar-refractivity contribution in [2.75, 3.05) is 13.7 Å². The number of benzene rings is 2. The van der Waals surface area contributed by atoms with Gasteiger partial charge in [-0.05, 0) is 17.7 Å². The lowest BCUT2D eigenvalue weighted by Crippen LogP contribution is -2.60. The predicted octanol–water partition coefficient (Wildman–Crippen LogP) is 0.353. The molecule has 1 aromatic heterocycles. The van der Waals surface area contributed by atoms with E-state index in [4.69, 9.17) is 18.6 Å². The number of hydrogen-bond donors (Lipinski definition) is 5. The average molecular weight is 446 g/mol. The Balaban J connectivity index is 1.59. The third-order valence-electron chi connectivity index (χ3n) is 5.33. The van der Waals surface area contributed by atoms with Gasteiger partial charge in [0.25, 0.3) is 0 Å². The van der Waals surface area contributed by atoms with Crippen LogP contribution in [0.1, 0.15) is 0 Å². The molecule has 0 radical (unpaired) electrons. The minimum Gasteiger partial charge on any atom is -0.507 e. The number of ether oxygens (including phenoxy) is 3. The number of fused-ring (bicyclic) bond motifs is 1. The van der Waals surface area contributed by atoms with Gasteiger partial charge in [0.15, 0.2) is 0 Å². The zero-order valence-corrected chi connectivity index (χ0v) is 16.9. The van der Waals surface area contributed by atoms with Crippen molar-refractivity contribution >= 4 is 11.0 Å². The van der Waals surface area contributed by atoms with Crippen molar-refractivity contribution in [2.24, 2.45) is 0 Å². The normalized spacial score (nSPS) is 25.6. The second kappa shape index (κ2) is 8.77. The first-order chi connectivity index (χ1) is 15.3. The van der Waals surface area contributed by atoms with Crippen molar-refractivity contribution in [1.82, 2.24) is 0 Å². The van der Waals surface area contributed by atoms with Gasteiger partial charge in [0.05, 0.1) is 19.3 Å². The molecule has 1 saturated heterocycles. The molecule has 5 N–H and O–H groups in total. The lowest BCUT2D eigenvalue weighted by molar-refractivity contribution is -0.277. The third-order valence-corrected chi connectivity index (χ3v) is 5.33. The maximum atomic E-state index is 12.9. The number of aliphatic hydroxyl groups is 4. The zero-order valence-electron chi connectivity index (χ0n) is 16.9. The highest BCUT2D eigenvalue weighted by atomic mass is 16.7. The minimum absolute atomic E-state index is 0.0185. The molecule has 5 atom stereocenters. The quantitative estimate of drug-likeness (QED) is 0.370. The van der Waals surface area contributed by atoms with Gasteiger partial charge in [-0.1, -0.05) is 12.1 Å². The zero-order chi connectivity index (χ0) is 23.0. The summed E-state index contributed by atoms with van der Waals surface area (Å²) in [5.41, 5.74) is 0.432. The molecule has 1 fully saturated rings. The SMILES string of the molecule is COc1cc(O)c2c(=O)c(-c3ccc(O[C@@H]4O[C@H](CO)[C@H](O)[C@H](O)[C@H]4O)cc3)coc2c1. The van der Waals surface area contributed by atoms with Crippen LogP contribution in [0.15, 0.2) is 51.9 Å². The number of methoxy groups -OCH3 is 1. The lowest BCUT2D eigenvalue weighted by atomic mass is 9.99. The van der Waals surface area contributed by atoms with Crippen molar-refractivity contribution in [3.8, 4) is 28.4 Å². The molecule has 4 rings (SSSR count). The van der Waals surface area contributed by atoms with Crippen LogP contribution in [0.5, 0.6) is 17.2 Å². The van der Waals surface area contributed by atoms with E-state index < -0.39 is 42.7 Å². The van der Waals surface area contributed by atoms with E-state index in [1.165, 1.54) is 37.6 Å². The maximum Gasteiger partial charge on any atom is 0.229 e. The highest BCUT2D eigenvalue weighted by Crippen LogP contribution is 2.31. The lowest BCUT2D eigenvalue weighted by Gasteiger charge is -2.39. The Hall–Kier alpha value is -3.15. The van der Waals surface area contributed by atoms with E-state index in [1.807, 2.05) is 0 Å². The number of aliphatic hydroxyl groups excluding tert-OH is 4. The van der Waals surface area contributed by atoms with Gasteiger partial charge < -0.3 is 44.2 Å². The molecule has 32 heavy (non-hydrogen) atoms. The van der Waals surface area contributed by atoms with Crippen molar-refractivity contribution in [2.45, 2.75) is 30.7 Å². The molecule has 0 spiro atoms. The first kappa shape index (κ1) is 22.1. The monoisotopic (exact) mass is 446 g/mol. The number of hydrogen-bond acceptors (Lipinski definition) is 10. The van der Waals surface area contributed by atoms with Gasteiger partial charge in [0.1, 0.15) is 58.9 Å². The van der Waals surface area contributed by atoms with Crippen LogP contribution in [0.2, 0.25) is 0 Å². The van der Waals surface area contributed by atoms with Crippen molar-refractivity contribution in [3.05, 3.63) is 52.9 Å². The van der Waals surface area contributed by atoms with Gasteiger partial charge in [-0.15, -0.1) is 0 Å². The fourth-order valence-corrected chi connectivity index (χ4v) is 3.54. The van der Waals surface area contributed by atoms with Crippen molar-refractivity contribution in [3.63, 3.8) is 0 Å². The van der Waals surface area contributed by atoms with Crippen LogP contribution in [0.4, 0.5) is 0 Å². The van der Waals surface area contributed by atoms with Crippen LogP contribution in [-0.2, 0) is 4.74 Å². The summed E-state index contributed by atoms with van der Waals surface area (Å²) in [5, 5.41) is 49.3. The topological polar surface area (TPSA) is 159 Å². The van der Waals surface area contributed by atoms with Gasteiger partial charge in [-0.3, -0.25) is 4.79 Å².